The first-order chi connectivity index (χ1) is 16.6. The van der Waals surface area contributed by atoms with Gasteiger partial charge in [0.05, 0.1) is 6.21 Å². The van der Waals surface area contributed by atoms with Crippen LogP contribution in [0.2, 0.25) is 0 Å². The van der Waals surface area contributed by atoms with Crippen molar-refractivity contribution in [2.45, 2.75) is 19.1 Å². The standard InChI is InChI=1S/C29H26N2O3/c1-22-15-17-23(18-16-22)21-34-27-14-8-9-24(19-27)20-30-31-28(32)29(33,25-10-4-2-5-11-25)26-12-6-3-7-13-26/h2-20,33H,21H2,1H3,(H,31,32)/b30-20-. The summed E-state index contributed by atoms with van der Waals surface area (Å²) in [4.78, 5) is 13.1. The summed E-state index contributed by atoms with van der Waals surface area (Å²) in [7, 11) is 0. The molecule has 5 nitrogen and oxygen atoms in total. The van der Waals surface area contributed by atoms with Gasteiger partial charge in [-0.2, -0.15) is 5.10 Å². The van der Waals surface area contributed by atoms with Crippen LogP contribution >= 0.6 is 0 Å². The fraction of sp³-hybridized carbons (Fsp3) is 0.103. The number of ether oxygens (including phenoxy) is 1. The zero-order valence-corrected chi connectivity index (χ0v) is 18.9. The van der Waals surface area contributed by atoms with Crippen LogP contribution in [0.4, 0.5) is 0 Å². The minimum absolute atomic E-state index is 0.457. The monoisotopic (exact) mass is 450 g/mol. The van der Waals surface area contributed by atoms with E-state index in [1.807, 2.05) is 55.5 Å². The third-order valence-corrected chi connectivity index (χ3v) is 5.48. The Morgan fingerprint density at radius 3 is 2.12 bits per heavy atom. The number of hydrogen-bond donors (Lipinski definition) is 2. The number of carbonyl (C=O) groups excluding carboxylic acids is 1. The first-order valence-corrected chi connectivity index (χ1v) is 11.0. The van der Waals surface area contributed by atoms with E-state index in [1.54, 1.807) is 48.5 Å². The fourth-order valence-corrected chi connectivity index (χ4v) is 3.57. The van der Waals surface area contributed by atoms with Gasteiger partial charge in [0.1, 0.15) is 12.4 Å². The smallest absolute Gasteiger partial charge is 0.281 e. The summed E-state index contributed by atoms with van der Waals surface area (Å²) >= 11 is 0. The second-order valence-corrected chi connectivity index (χ2v) is 7.99. The highest BCUT2D eigenvalue weighted by Crippen LogP contribution is 2.29. The Hall–Kier alpha value is -4.22. The molecule has 0 bridgehead atoms. The van der Waals surface area contributed by atoms with E-state index in [2.05, 4.69) is 22.7 Å². The molecule has 0 fully saturated rings. The summed E-state index contributed by atoms with van der Waals surface area (Å²) in [5.74, 6) is 0.0499. The molecule has 0 aliphatic heterocycles. The van der Waals surface area contributed by atoms with Crippen LogP contribution in [0.5, 0.6) is 5.75 Å². The largest absolute Gasteiger partial charge is 0.489 e. The van der Waals surface area contributed by atoms with E-state index in [9.17, 15) is 9.90 Å². The van der Waals surface area contributed by atoms with Crippen molar-refractivity contribution in [1.82, 2.24) is 5.43 Å². The van der Waals surface area contributed by atoms with E-state index in [0.29, 0.717) is 23.5 Å². The lowest BCUT2D eigenvalue weighted by atomic mass is 9.85. The van der Waals surface area contributed by atoms with Crippen molar-refractivity contribution in [2.75, 3.05) is 0 Å². The topological polar surface area (TPSA) is 70.9 Å². The molecular weight excluding hydrogens is 424 g/mol. The number of hydrogen-bond acceptors (Lipinski definition) is 4. The molecule has 0 aliphatic rings. The lowest BCUT2D eigenvalue weighted by molar-refractivity contribution is -0.136. The molecule has 1 amide bonds. The highest BCUT2D eigenvalue weighted by molar-refractivity contribution is 5.91. The van der Waals surface area contributed by atoms with Crippen LogP contribution in [-0.2, 0) is 17.0 Å². The average Bonchev–Trinajstić information content (AvgIpc) is 2.89. The quantitative estimate of drug-likeness (QED) is 0.294. The van der Waals surface area contributed by atoms with Crippen LogP contribution in [0, 0.1) is 6.92 Å². The minimum Gasteiger partial charge on any atom is -0.489 e. The van der Waals surface area contributed by atoms with Gasteiger partial charge < -0.3 is 9.84 Å². The number of rotatable bonds is 8. The number of hydrazone groups is 1. The van der Waals surface area contributed by atoms with Gasteiger partial charge in [-0.3, -0.25) is 4.79 Å². The molecule has 0 spiro atoms. The SMILES string of the molecule is Cc1ccc(COc2cccc(/C=N\NC(=O)C(O)(c3ccccc3)c3ccccc3)c2)cc1. The number of aryl methyl sites for hydroxylation is 1. The first kappa shape index (κ1) is 23.0. The van der Waals surface area contributed by atoms with E-state index < -0.39 is 11.5 Å². The Bertz CT molecular complexity index is 1210. The molecule has 4 aromatic rings. The first-order valence-electron chi connectivity index (χ1n) is 11.0. The highest BCUT2D eigenvalue weighted by atomic mass is 16.5. The molecule has 0 saturated carbocycles. The van der Waals surface area contributed by atoms with Gasteiger partial charge in [-0.05, 0) is 41.3 Å². The third-order valence-electron chi connectivity index (χ3n) is 5.48. The predicted octanol–water partition coefficient (Wildman–Crippen LogP) is 4.96. The molecule has 5 heteroatoms. The van der Waals surface area contributed by atoms with Crippen molar-refractivity contribution in [3.63, 3.8) is 0 Å². The van der Waals surface area contributed by atoms with Gasteiger partial charge in [-0.25, -0.2) is 5.43 Å². The maximum Gasteiger partial charge on any atom is 0.281 e. The Morgan fingerprint density at radius 2 is 1.50 bits per heavy atom. The van der Waals surface area contributed by atoms with E-state index in [0.717, 1.165) is 11.1 Å². The zero-order valence-electron chi connectivity index (χ0n) is 18.9. The number of nitrogens with zero attached hydrogens (tertiary/aromatic N) is 1. The van der Waals surface area contributed by atoms with Crippen molar-refractivity contribution in [2.24, 2.45) is 5.10 Å². The summed E-state index contributed by atoms with van der Waals surface area (Å²) < 4.78 is 5.88. The average molecular weight is 451 g/mol. The molecule has 2 N–H and O–H groups in total. The van der Waals surface area contributed by atoms with Crippen LogP contribution in [0.3, 0.4) is 0 Å². The number of aliphatic hydroxyl groups is 1. The zero-order chi connectivity index (χ0) is 23.8. The van der Waals surface area contributed by atoms with Gasteiger partial charge in [0.25, 0.3) is 5.91 Å². The minimum atomic E-state index is -1.88. The van der Waals surface area contributed by atoms with Gasteiger partial charge in [0.15, 0.2) is 5.60 Å². The molecule has 4 aromatic carbocycles. The van der Waals surface area contributed by atoms with E-state index in [4.69, 9.17) is 4.74 Å². The van der Waals surface area contributed by atoms with E-state index in [-0.39, 0.29) is 0 Å². The molecule has 0 aliphatic carbocycles. The molecule has 34 heavy (non-hydrogen) atoms. The maximum absolute atomic E-state index is 13.1. The fourth-order valence-electron chi connectivity index (χ4n) is 3.57. The summed E-state index contributed by atoms with van der Waals surface area (Å²) in [6.45, 7) is 2.51. The Balaban J connectivity index is 1.46. The Morgan fingerprint density at radius 1 is 0.882 bits per heavy atom. The summed E-state index contributed by atoms with van der Waals surface area (Å²) in [5, 5.41) is 15.5. The summed E-state index contributed by atoms with van der Waals surface area (Å²) in [6.07, 6.45) is 1.52. The molecule has 0 heterocycles. The van der Waals surface area contributed by atoms with Gasteiger partial charge >= 0.3 is 0 Å². The van der Waals surface area contributed by atoms with Crippen molar-refractivity contribution in [1.29, 1.82) is 0 Å². The van der Waals surface area contributed by atoms with Crippen molar-refractivity contribution in [3.8, 4) is 5.75 Å². The van der Waals surface area contributed by atoms with Gasteiger partial charge in [0, 0.05) is 0 Å². The molecule has 0 saturated heterocycles. The molecule has 170 valence electrons. The molecule has 0 unspecified atom stereocenters. The van der Waals surface area contributed by atoms with Gasteiger partial charge in [-0.1, -0.05) is 103 Å². The van der Waals surface area contributed by atoms with Crippen LogP contribution < -0.4 is 10.2 Å². The molecule has 4 rings (SSSR count). The van der Waals surface area contributed by atoms with E-state index in [1.165, 1.54) is 11.8 Å². The second kappa shape index (κ2) is 10.6. The van der Waals surface area contributed by atoms with Crippen LogP contribution in [0.1, 0.15) is 27.8 Å². The van der Waals surface area contributed by atoms with Crippen LogP contribution in [-0.4, -0.2) is 17.2 Å². The van der Waals surface area contributed by atoms with Crippen molar-refractivity contribution in [3.05, 3.63) is 137 Å². The Kier molecular flexibility index (Phi) is 7.16. The highest BCUT2D eigenvalue weighted by Gasteiger charge is 2.39. The van der Waals surface area contributed by atoms with Crippen molar-refractivity contribution >= 4 is 12.1 Å². The predicted molar refractivity (Wildman–Crippen MR) is 134 cm³/mol. The summed E-state index contributed by atoms with van der Waals surface area (Å²) in [5.41, 5.74) is 4.57. The molecule has 0 atom stereocenters. The van der Waals surface area contributed by atoms with Crippen LogP contribution in [0.15, 0.2) is 114 Å². The summed E-state index contributed by atoms with van der Waals surface area (Å²) in [6, 6.07) is 33.2. The Labute approximate surface area is 199 Å². The lowest BCUT2D eigenvalue weighted by Crippen LogP contribution is -2.43. The normalized spacial score (nSPS) is 11.4. The van der Waals surface area contributed by atoms with Crippen LogP contribution in [0.25, 0.3) is 0 Å². The number of benzene rings is 4. The maximum atomic E-state index is 13.1. The molecular formula is C29H26N2O3. The molecule has 0 aromatic heterocycles. The second-order valence-electron chi connectivity index (χ2n) is 7.99. The lowest BCUT2D eigenvalue weighted by Gasteiger charge is -2.27. The molecule has 0 radical (unpaired) electrons. The van der Waals surface area contributed by atoms with Crippen molar-refractivity contribution < 1.29 is 14.6 Å². The third kappa shape index (κ3) is 5.39. The van der Waals surface area contributed by atoms with E-state index >= 15 is 0 Å². The van der Waals surface area contributed by atoms with Gasteiger partial charge in [0.2, 0.25) is 0 Å². The van der Waals surface area contributed by atoms with Gasteiger partial charge in [-0.15, -0.1) is 0 Å². The number of amides is 1. The number of nitrogens with one attached hydrogen (secondary N) is 1. The number of carbonyl (C=O) groups is 1.